The largest absolute Gasteiger partial charge is 0.368 e. The van der Waals surface area contributed by atoms with Crippen molar-refractivity contribution in [1.29, 1.82) is 0 Å². The van der Waals surface area contributed by atoms with Gasteiger partial charge in [0.15, 0.2) is 0 Å². The molecule has 1 aliphatic rings. The molecule has 2 N–H and O–H groups in total. The molecule has 0 saturated carbocycles. The van der Waals surface area contributed by atoms with E-state index in [4.69, 9.17) is 5.73 Å². The van der Waals surface area contributed by atoms with Gasteiger partial charge in [0, 0.05) is 29.9 Å². The number of fused-ring (bicyclic) bond motifs is 1. The molecule has 2 aromatic rings. The summed E-state index contributed by atoms with van der Waals surface area (Å²) in [6.07, 6.45) is 3.52. The molecule has 23 heavy (non-hydrogen) atoms. The number of anilines is 1. The summed E-state index contributed by atoms with van der Waals surface area (Å²) in [7, 11) is 0. The first-order chi connectivity index (χ1) is 11.0. The van der Waals surface area contributed by atoms with Crippen LogP contribution >= 0.6 is 0 Å². The number of hydrogen-bond donors (Lipinski definition) is 1. The highest BCUT2D eigenvalue weighted by atomic mass is 16.2. The number of carbonyl (C=O) groups is 2. The summed E-state index contributed by atoms with van der Waals surface area (Å²) in [6, 6.07) is 3.35. The molecule has 0 fully saturated rings. The smallest absolute Gasteiger partial charge is 0.290 e. The van der Waals surface area contributed by atoms with Crippen LogP contribution in [0.5, 0.6) is 0 Å². The van der Waals surface area contributed by atoms with Crippen molar-refractivity contribution in [1.82, 2.24) is 19.9 Å². The molecular formula is C16H17N5O2. The summed E-state index contributed by atoms with van der Waals surface area (Å²) >= 11 is 0. The second-order valence-corrected chi connectivity index (χ2v) is 5.42. The highest BCUT2D eigenvalue weighted by Crippen LogP contribution is 2.37. The van der Waals surface area contributed by atoms with Crippen LogP contribution in [0.3, 0.4) is 0 Å². The lowest BCUT2D eigenvalue weighted by atomic mass is 10.1. The molecule has 2 aromatic heterocycles. The first kappa shape index (κ1) is 15.1. The van der Waals surface area contributed by atoms with E-state index >= 15 is 0 Å². The van der Waals surface area contributed by atoms with Crippen LogP contribution in [0.4, 0.5) is 5.95 Å². The summed E-state index contributed by atoms with van der Waals surface area (Å²) < 4.78 is 0. The summed E-state index contributed by atoms with van der Waals surface area (Å²) in [5.74, 6) is -0.744. The molecule has 0 spiro atoms. The normalized spacial score (nSPS) is 16.3. The van der Waals surface area contributed by atoms with Gasteiger partial charge in [-0.15, -0.1) is 0 Å². The standard InChI is InChI=1S/C16H17N5O2/c1-3-12(22)15(23)21-8-11-13(9(21)2)19-16(17)20-14(11)10-4-6-18-7-5-10/h4-7,9H,3,8H2,1-2H3,(H2,17,19,20)/t9-/m0/s1. The highest BCUT2D eigenvalue weighted by Gasteiger charge is 2.36. The van der Waals surface area contributed by atoms with Crippen molar-refractivity contribution in [2.45, 2.75) is 32.9 Å². The molecule has 118 valence electrons. The predicted octanol–water partition coefficient (Wildman–Crippen LogP) is 1.50. The number of aromatic nitrogens is 3. The van der Waals surface area contributed by atoms with E-state index < -0.39 is 11.7 Å². The molecule has 1 aliphatic heterocycles. The molecule has 0 unspecified atom stereocenters. The maximum Gasteiger partial charge on any atom is 0.290 e. The molecule has 1 amide bonds. The zero-order valence-corrected chi connectivity index (χ0v) is 13.0. The van der Waals surface area contributed by atoms with E-state index in [2.05, 4.69) is 15.0 Å². The minimum absolute atomic E-state index is 0.151. The second-order valence-electron chi connectivity index (χ2n) is 5.42. The van der Waals surface area contributed by atoms with E-state index in [-0.39, 0.29) is 18.4 Å². The fraction of sp³-hybridized carbons (Fsp3) is 0.312. The number of ketones is 1. The van der Waals surface area contributed by atoms with Gasteiger partial charge >= 0.3 is 0 Å². The van der Waals surface area contributed by atoms with Crippen molar-refractivity contribution in [3.63, 3.8) is 0 Å². The quantitative estimate of drug-likeness (QED) is 0.862. The lowest BCUT2D eigenvalue weighted by molar-refractivity contribution is -0.146. The zero-order valence-electron chi connectivity index (χ0n) is 13.0. The molecule has 3 heterocycles. The molecule has 7 nitrogen and oxygen atoms in total. The maximum atomic E-state index is 12.3. The number of hydrogen-bond acceptors (Lipinski definition) is 6. The summed E-state index contributed by atoms with van der Waals surface area (Å²) in [4.78, 5) is 38.2. The summed E-state index contributed by atoms with van der Waals surface area (Å²) in [5, 5.41) is 0. The third-order valence-electron chi connectivity index (χ3n) is 4.02. The van der Waals surface area contributed by atoms with Gasteiger partial charge in [-0.25, -0.2) is 9.97 Å². The molecule has 0 saturated heterocycles. The molecule has 0 bridgehead atoms. The number of amides is 1. The molecular weight excluding hydrogens is 294 g/mol. The Balaban J connectivity index is 2.07. The van der Waals surface area contributed by atoms with Gasteiger partial charge in [0.25, 0.3) is 5.91 Å². The predicted molar refractivity (Wildman–Crippen MR) is 83.9 cm³/mol. The summed E-state index contributed by atoms with van der Waals surface area (Å²) in [6.45, 7) is 3.82. The number of nitrogens with two attached hydrogens (primary N) is 1. The third kappa shape index (κ3) is 2.54. The second kappa shape index (κ2) is 5.75. The zero-order chi connectivity index (χ0) is 16.6. The van der Waals surface area contributed by atoms with Crippen LogP contribution in [-0.2, 0) is 16.1 Å². The Morgan fingerprint density at radius 2 is 2.00 bits per heavy atom. The first-order valence-corrected chi connectivity index (χ1v) is 7.43. The van der Waals surface area contributed by atoms with Crippen molar-refractivity contribution in [2.24, 2.45) is 0 Å². The van der Waals surface area contributed by atoms with Crippen molar-refractivity contribution >= 4 is 17.6 Å². The molecule has 0 aliphatic carbocycles. The van der Waals surface area contributed by atoms with E-state index in [0.717, 1.165) is 11.1 Å². The topological polar surface area (TPSA) is 102 Å². The number of carbonyl (C=O) groups excluding carboxylic acids is 2. The minimum atomic E-state index is -0.489. The fourth-order valence-electron chi connectivity index (χ4n) is 2.78. The van der Waals surface area contributed by atoms with Crippen LogP contribution in [0.25, 0.3) is 11.3 Å². The monoisotopic (exact) mass is 311 g/mol. The lowest BCUT2D eigenvalue weighted by Crippen LogP contribution is -2.34. The van der Waals surface area contributed by atoms with Crippen molar-refractivity contribution in [3.8, 4) is 11.3 Å². The van der Waals surface area contributed by atoms with Crippen molar-refractivity contribution in [2.75, 3.05) is 5.73 Å². The van der Waals surface area contributed by atoms with E-state index in [1.54, 1.807) is 19.3 Å². The Labute approximate surface area is 133 Å². The van der Waals surface area contributed by atoms with Gasteiger partial charge in [-0.1, -0.05) is 6.92 Å². The van der Waals surface area contributed by atoms with E-state index in [1.165, 1.54) is 4.90 Å². The first-order valence-electron chi connectivity index (χ1n) is 7.43. The van der Waals surface area contributed by atoms with Crippen LogP contribution in [0.2, 0.25) is 0 Å². The molecule has 3 rings (SSSR count). The Bertz CT molecular complexity index is 776. The van der Waals surface area contributed by atoms with Crippen LogP contribution < -0.4 is 5.73 Å². The Kier molecular flexibility index (Phi) is 3.77. The molecule has 1 atom stereocenters. The van der Waals surface area contributed by atoms with E-state index in [0.29, 0.717) is 17.9 Å². The van der Waals surface area contributed by atoms with Crippen molar-refractivity contribution < 1.29 is 9.59 Å². The Hall–Kier alpha value is -2.83. The average molecular weight is 311 g/mol. The van der Waals surface area contributed by atoms with Gasteiger partial charge in [-0.3, -0.25) is 14.6 Å². The van der Waals surface area contributed by atoms with Crippen LogP contribution in [-0.4, -0.2) is 31.5 Å². The number of nitrogens with zero attached hydrogens (tertiary/aromatic N) is 4. The number of nitrogen functional groups attached to an aromatic ring is 1. The maximum absolute atomic E-state index is 12.3. The number of pyridine rings is 1. The van der Waals surface area contributed by atoms with E-state index in [9.17, 15) is 9.59 Å². The molecule has 0 aromatic carbocycles. The van der Waals surface area contributed by atoms with E-state index in [1.807, 2.05) is 19.1 Å². The average Bonchev–Trinajstić information content (AvgIpc) is 2.90. The van der Waals surface area contributed by atoms with Gasteiger partial charge in [0.2, 0.25) is 11.7 Å². The lowest BCUT2D eigenvalue weighted by Gasteiger charge is -2.20. The summed E-state index contributed by atoms with van der Waals surface area (Å²) in [5.41, 5.74) is 8.89. The SMILES string of the molecule is CCC(=O)C(=O)N1Cc2c(-c3ccncc3)nc(N)nc2[C@@H]1C. The minimum Gasteiger partial charge on any atom is -0.368 e. The highest BCUT2D eigenvalue weighted by molar-refractivity contribution is 6.36. The molecule has 0 radical (unpaired) electrons. The number of Topliss-reactive ketones (excluding diaryl/α,β-unsaturated/α-hetero) is 1. The fourth-order valence-corrected chi connectivity index (χ4v) is 2.78. The van der Waals surface area contributed by atoms with Crippen molar-refractivity contribution in [3.05, 3.63) is 35.8 Å². The van der Waals surface area contributed by atoms with Gasteiger partial charge < -0.3 is 10.6 Å². The van der Waals surface area contributed by atoms with Crippen LogP contribution in [0, 0.1) is 0 Å². The Morgan fingerprint density at radius 3 is 2.65 bits per heavy atom. The van der Waals surface area contributed by atoms with Gasteiger partial charge in [0.1, 0.15) is 0 Å². The van der Waals surface area contributed by atoms with Crippen LogP contribution in [0.1, 0.15) is 37.6 Å². The van der Waals surface area contributed by atoms with Gasteiger partial charge in [-0.2, -0.15) is 0 Å². The Morgan fingerprint density at radius 1 is 1.30 bits per heavy atom. The number of rotatable bonds is 3. The molecule has 7 heteroatoms. The van der Waals surface area contributed by atoms with Crippen LogP contribution in [0.15, 0.2) is 24.5 Å². The van der Waals surface area contributed by atoms with Gasteiger partial charge in [-0.05, 0) is 19.1 Å². The third-order valence-corrected chi connectivity index (χ3v) is 4.02. The van der Waals surface area contributed by atoms with Gasteiger partial charge in [0.05, 0.1) is 24.0 Å².